The summed E-state index contributed by atoms with van der Waals surface area (Å²) in [5.41, 5.74) is 5.18. The van der Waals surface area contributed by atoms with E-state index in [0.717, 1.165) is 0 Å². The second-order valence-corrected chi connectivity index (χ2v) is 4.32. The maximum atomic E-state index is 11.3. The van der Waals surface area contributed by atoms with Gasteiger partial charge in [0, 0.05) is 18.6 Å². The molecule has 1 heterocycles. The van der Waals surface area contributed by atoms with E-state index in [0.29, 0.717) is 31.6 Å². The van der Waals surface area contributed by atoms with Gasteiger partial charge >= 0.3 is 0 Å². The van der Waals surface area contributed by atoms with E-state index in [-0.39, 0.29) is 11.0 Å². The molecule has 0 aromatic carbocycles. The normalized spacial score (nSPS) is 10.2. The van der Waals surface area contributed by atoms with Crippen LogP contribution >= 0.6 is 11.8 Å². The van der Waals surface area contributed by atoms with Crippen LogP contribution in [-0.2, 0) is 11.3 Å². The number of aryl methyl sites for hydroxylation is 1. The van der Waals surface area contributed by atoms with Crippen molar-refractivity contribution in [2.75, 3.05) is 5.75 Å². The molecular formula is C8H14N6OS. The predicted molar refractivity (Wildman–Crippen MR) is 61.0 cm³/mol. The first-order valence-corrected chi connectivity index (χ1v) is 5.86. The molecule has 0 spiro atoms. The number of rotatable bonds is 7. The summed E-state index contributed by atoms with van der Waals surface area (Å²) < 4.78 is 1.58. The smallest absolute Gasteiger partial charge is 0.189 e. The van der Waals surface area contributed by atoms with Gasteiger partial charge < -0.3 is 5.73 Å². The number of thioether (sulfide) groups is 1. The van der Waals surface area contributed by atoms with E-state index in [1.54, 1.807) is 4.68 Å². The van der Waals surface area contributed by atoms with Crippen molar-refractivity contribution in [3.63, 3.8) is 0 Å². The van der Waals surface area contributed by atoms with Gasteiger partial charge in [0.25, 0.3) is 0 Å². The third kappa shape index (κ3) is 5.44. The quantitative estimate of drug-likeness (QED) is 0.516. The lowest BCUT2D eigenvalue weighted by Crippen LogP contribution is -2.09. The first-order valence-electron chi connectivity index (χ1n) is 4.88. The molecule has 0 unspecified atom stereocenters. The van der Waals surface area contributed by atoms with E-state index in [4.69, 9.17) is 11.1 Å². The number of tetrazole rings is 1. The number of nitrogens with zero attached hydrogens (tertiary/aromatic N) is 4. The van der Waals surface area contributed by atoms with Crippen LogP contribution in [0.3, 0.4) is 0 Å². The zero-order valence-electron chi connectivity index (χ0n) is 8.80. The third-order valence-corrected chi connectivity index (χ3v) is 2.71. The minimum absolute atomic E-state index is 0.120. The highest BCUT2D eigenvalue weighted by Gasteiger charge is 2.03. The van der Waals surface area contributed by atoms with E-state index in [2.05, 4.69) is 15.5 Å². The Hall–Kier alpha value is -1.44. The second kappa shape index (κ2) is 6.94. The highest BCUT2D eigenvalue weighted by Crippen LogP contribution is 2.09. The number of hydrogen-bond acceptors (Lipinski definition) is 6. The first-order chi connectivity index (χ1) is 7.68. The molecule has 88 valence electrons. The minimum atomic E-state index is 0.120. The second-order valence-electron chi connectivity index (χ2n) is 3.17. The number of nitrogens with one attached hydrogen (secondary N) is 1. The summed E-state index contributed by atoms with van der Waals surface area (Å²) in [4.78, 5) is 11.3. The topological polar surface area (TPSA) is 111 Å². The summed E-state index contributed by atoms with van der Waals surface area (Å²) >= 11 is 1.26. The van der Waals surface area contributed by atoms with E-state index < -0.39 is 0 Å². The summed E-state index contributed by atoms with van der Waals surface area (Å²) in [5, 5.41) is 17.8. The fourth-order valence-electron chi connectivity index (χ4n) is 1.03. The molecule has 0 amide bonds. The standard InChI is InChI=1S/C8H14N6OS/c9-7(10)2-1-3-8(15)16-5-4-14-6-11-12-13-14/h6H,1-5H2,(H3,9,10). The van der Waals surface area contributed by atoms with Crippen molar-refractivity contribution in [1.29, 1.82) is 5.41 Å². The Morgan fingerprint density at radius 3 is 2.94 bits per heavy atom. The Bertz CT molecular complexity index is 338. The van der Waals surface area contributed by atoms with Crippen molar-refractivity contribution in [1.82, 2.24) is 20.2 Å². The van der Waals surface area contributed by atoms with Gasteiger partial charge in [0.15, 0.2) is 5.12 Å². The number of amidine groups is 1. The number of carbonyl (C=O) groups is 1. The van der Waals surface area contributed by atoms with Crippen molar-refractivity contribution < 1.29 is 4.79 Å². The summed E-state index contributed by atoms with van der Waals surface area (Å²) in [7, 11) is 0. The molecule has 1 rings (SSSR count). The molecule has 0 fully saturated rings. The zero-order chi connectivity index (χ0) is 11.8. The fourth-order valence-corrected chi connectivity index (χ4v) is 1.83. The van der Waals surface area contributed by atoms with Crippen LogP contribution in [-0.4, -0.2) is 36.9 Å². The van der Waals surface area contributed by atoms with Crippen LogP contribution in [0.2, 0.25) is 0 Å². The Kier molecular flexibility index (Phi) is 5.48. The molecule has 0 bridgehead atoms. The van der Waals surface area contributed by atoms with Gasteiger partial charge in [-0.05, 0) is 16.8 Å². The van der Waals surface area contributed by atoms with Crippen LogP contribution in [0.1, 0.15) is 19.3 Å². The lowest BCUT2D eigenvalue weighted by Gasteiger charge is -2.00. The third-order valence-electron chi connectivity index (χ3n) is 1.80. The summed E-state index contributed by atoms with van der Waals surface area (Å²) in [6.07, 6.45) is 3.10. The summed E-state index contributed by atoms with van der Waals surface area (Å²) in [6.45, 7) is 0.621. The molecule has 7 nitrogen and oxygen atoms in total. The Morgan fingerprint density at radius 1 is 1.50 bits per heavy atom. The number of nitrogens with two attached hydrogens (primary N) is 1. The maximum absolute atomic E-state index is 11.3. The lowest BCUT2D eigenvalue weighted by atomic mass is 10.2. The lowest BCUT2D eigenvalue weighted by molar-refractivity contribution is -0.111. The van der Waals surface area contributed by atoms with Gasteiger partial charge in [0.05, 0.1) is 12.4 Å². The molecule has 8 heteroatoms. The Morgan fingerprint density at radius 2 is 2.31 bits per heavy atom. The Labute approximate surface area is 97.3 Å². The van der Waals surface area contributed by atoms with E-state index >= 15 is 0 Å². The molecule has 0 aliphatic rings. The molecule has 0 radical (unpaired) electrons. The summed E-state index contributed by atoms with van der Waals surface area (Å²) in [5.74, 6) is 0.788. The van der Waals surface area contributed by atoms with Gasteiger partial charge in [-0.25, -0.2) is 4.68 Å². The van der Waals surface area contributed by atoms with E-state index in [9.17, 15) is 4.79 Å². The van der Waals surface area contributed by atoms with E-state index in [1.807, 2.05) is 0 Å². The van der Waals surface area contributed by atoms with Crippen molar-refractivity contribution >= 4 is 22.7 Å². The first kappa shape index (κ1) is 12.6. The highest BCUT2D eigenvalue weighted by molar-refractivity contribution is 8.13. The van der Waals surface area contributed by atoms with Crippen molar-refractivity contribution in [2.45, 2.75) is 25.8 Å². The Balaban J connectivity index is 2.04. The van der Waals surface area contributed by atoms with Crippen molar-refractivity contribution in [3.05, 3.63) is 6.33 Å². The van der Waals surface area contributed by atoms with Gasteiger partial charge in [-0.2, -0.15) is 0 Å². The van der Waals surface area contributed by atoms with Gasteiger partial charge in [-0.3, -0.25) is 10.2 Å². The molecule has 0 aliphatic carbocycles. The van der Waals surface area contributed by atoms with Gasteiger partial charge in [-0.15, -0.1) is 5.10 Å². The monoisotopic (exact) mass is 242 g/mol. The molecule has 1 aromatic rings. The van der Waals surface area contributed by atoms with Crippen LogP contribution in [0.25, 0.3) is 0 Å². The van der Waals surface area contributed by atoms with Crippen LogP contribution in [0, 0.1) is 5.41 Å². The molecule has 0 atom stereocenters. The molecule has 1 aromatic heterocycles. The van der Waals surface area contributed by atoms with Crippen LogP contribution in [0.4, 0.5) is 0 Å². The molecule has 0 saturated carbocycles. The van der Waals surface area contributed by atoms with E-state index in [1.165, 1.54) is 18.1 Å². The predicted octanol–water partition coefficient (Wildman–Crippen LogP) is 0.0392. The SMILES string of the molecule is N=C(N)CCCC(=O)SCCn1cnnn1. The van der Waals surface area contributed by atoms with Crippen LogP contribution in [0.5, 0.6) is 0 Å². The van der Waals surface area contributed by atoms with Crippen LogP contribution < -0.4 is 5.73 Å². The van der Waals surface area contributed by atoms with Crippen molar-refractivity contribution in [2.24, 2.45) is 5.73 Å². The fraction of sp³-hybridized carbons (Fsp3) is 0.625. The largest absolute Gasteiger partial charge is 0.388 e. The van der Waals surface area contributed by atoms with Crippen molar-refractivity contribution in [3.8, 4) is 0 Å². The zero-order valence-corrected chi connectivity index (χ0v) is 9.61. The summed E-state index contributed by atoms with van der Waals surface area (Å²) in [6, 6.07) is 0. The molecular weight excluding hydrogens is 228 g/mol. The maximum Gasteiger partial charge on any atom is 0.189 e. The number of carbonyl (C=O) groups excluding carboxylic acids is 1. The van der Waals surface area contributed by atoms with Gasteiger partial charge in [0.2, 0.25) is 0 Å². The average Bonchev–Trinajstić information content (AvgIpc) is 2.70. The van der Waals surface area contributed by atoms with Gasteiger partial charge in [0.1, 0.15) is 6.33 Å². The van der Waals surface area contributed by atoms with Gasteiger partial charge in [-0.1, -0.05) is 11.8 Å². The average molecular weight is 242 g/mol. The molecule has 0 saturated heterocycles. The van der Waals surface area contributed by atoms with Crippen LogP contribution in [0.15, 0.2) is 6.33 Å². The molecule has 16 heavy (non-hydrogen) atoms. The molecule has 0 aliphatic heterocycles. The molecule has 3 N–H and O–H groups in total. The minimum Gasteiger partial charge on any atom is -0.388 e. The number of hydrogen-bond donors (Lipinski definition) is 2. The highest BCUT2D eigenvalue weighted by atomic mass is 32.2. The number of aromatic nitrogens is 4.